The third-order valence-electron chi connectivity index (χ3n) is 3.06. The molecular formula is C12H23NO. The van der Waals surface area contributed by atoms with Gasteiger partial charge in [-0.25, -0.2) is 0 Å². The zero-order valence-corrected chi connectivity index (χ0v) is 10.3. The van der Waals surface area contributed by atoms with Gasteiger partial charge in [0.25, 0.3) is 0 Å². The van der Waals surface area contributed by atoms with Crippen LogP contribution in [0.25, 0.3) is 0 Å². The van der Waals surface area contributed by atoms with E-state index in [1.54, 1.807) is 0 Å². The molecule has 1 fully saturated rings. The second-order valence-electron chi connectivity index (χ2n) is 6.37. The molecule has 14 heavy (non-hydrogen) atoms. The van der Waals surface area contributed by atoms with Gasteiger partial charge >= 0.3 is 0 Å². The van der Waals surface area contributed by atoms with Crippen molar-refractivity contribution < 1.29 is 4.79 Å². The summed E-state index contributed by atoms with van der Waals surface area (Å²) in [6, 6.07) is 0. The Kier molecular flexibility index (Phi) is 2.68. The lowest BCUT2D eigenvalue weighted by Crippen LogP contribution is -2.44. The number of likely N-dealkylation sites (tertiary alicyclic amines) is 1. The molecule has 1 heterocycles. The molecule has 0 saturated carbocycles. The summed E-state index contributed by atoms with van der Waals surface area (Å²) >= 11 is 0. The summed E-state index contributed by atoms with van der Waals surface area (Å²) in [4.78, 5) is 14.1. The number of hydrogen-bond acceptors (Lipinski definition) is 1. The lowest BCUT2D eigenvalue weighted by molar-refractivity contribution is -0.137. The highest BCUT2D eigenvalue weighted by Crippen LogP contribution is 2.37. The minimum atomic E-state index is -0.0168. The Balaban J connectivity index is 2.80. The van der Waals surface area contributed by atoms with Crippen LogP contribution in [0.5, 0.6) is 0 Å². The highest BCUT2D eigenvalue weighted by molar-refractivity contribution is 5.82. The van der Waals surface area contributed by atoms with Gasteiger partial charge in [0.05, 0.1) is 0 Å². The Hall–Kier alpha value is -0.530. The van der Waals surface area contributed by atoms with Crippen molar-refractivity contribution in [2.75, 3.05) is 6.54 Å². The molecule has 1 aliphatic rings. The first kappa shape index (κ1) is 11.5. The Morgan fingerprint density at radius 2 is 1.64 bits per heavy atom. The van der Waals surface area contributed by atoms with Crippen LogP contribution >= 0.6 is 0 Å². The Labute approximate surface area is 87.7 Å². The predicted molar refractivity (Wildman–Crippen MR) is 59.0 cm³/mol. The average Bonchev–Trinajstić information content (AvgIpc) is 2.26. The predicted octanol–water partition coefficient (Wildman–Crippen LogP) is 2.68. The van der Waals surface area contributed by atoms with Gasteiger partial charge in [-0.2, -0.15) is 0 Å². The molecule has 1 atom stereocenters. The van der Waals surface area contributed by atoms with Gasteiger partial charge in [0.15, 0.2) is 0 Å². The van der Waals surface area contributed by atoms with Crippen molar-refractivity contribution in [2.24, 2.45) is 11.3 Å². The first-order valence-electron chi connectivity index (χ1n) is 5.45. The molecule has 0 bridgehead atoms. The van der Waals surface area contributed by atoms with Crippen LogP contribution in [0.2, 0.25) is 0 Å². The molecule has 1 unspecified atom stereocenters. The van der Waals surface area contributed by atoms with E-state index in [0.717, 1.165) is 13.0 Å². The third-order valence-corrected chi connectivity index (χ3v) is 3.06. The summed E-state index contributed by atoms with van der Waals surface area (Å²) in [6.45, 7) is 13.7. The molecule has 2 nitrogen and oxygen atoms in total. The molecule has 0 aliphatic carbocycles. The number of rotatable bonds is 0. The molecule has 0 spiro atoms. The fraction of sp³-hybridized carbons (Fsp3) is 0.917. The molecule has 1 amide bonds. The van der Waals surface area contributed by atoms with Crippen LogP contribution in [0.1, 0.15) is 48.0 Å². The molecule has 0 aromatic carbocycles. The monoisotopic (exact) mass is 197 g/mol. The Morgan fingerprint density at radius 1 is 1.14 bits per heavy atom. The van der Waals surface area contributed by atoms with Gasteiger partial charge in [-0.05, 0) is 32.6 Å². The van der Waals surface area contributed by atoms with Crippen molar-refractivity contribution in [1.29, 1.82) is 0 Å². The number of carbonyl (C=O) groups excluding carboxylic acids is 1. The molecule has 1 rings (SSSR count). The maximum atomic E-state index is 12.1. The number of carbonyl (C=O) groups is 1. The second kappa shape index (κ2) is 3.25. The summed E-state index contributed by atoms with van der Waals surface area (Å²) in [6.07, 6.45) is 1.01. The van der Waals surface area contributed by atoms with Crippen LogP contribution in [-0.4, -0.2) is 22.9 Å². The molecule has 2 heteroatoms. The SMILES string of the molecule is CC(C)(C)C1CCN(C(C)(C)C)C1=O. The van der Waals surface area contributed by atoms with Crippen LogP contribution in [0.4, 0.5) is 0 Å². The Morgan fingerprint density at radius 3 is 1.86 bits per heavy atom. The maximum absolute atomic E-state index is 12.1. The van der Waals surface area contributed by atoms with Gasteiger partial charge in [0.1, 0.15) is 0 Å². The highest BCUT2D eigenvalue weighted by Gasteiger charge is 2.42. The molecule has 0 aromatic heterocycles. The van der Waals surface area contributed by atoms with Gasteiger partial charge in [-0.3, -0.25) is 4.79 Å². The van der Waals surface area contributed by atoms with Crippen LogP contribution in [0, 0.1) is 11.3 Å². The smallest absolute Gasteiger partial charge is 0.226 e. The largest absolute Gasteiger partial charge is 0.338 e. The van der Waals surface area contributed by atoms with Crippen molar-refractivity contribution in [1.82, 2.24) is 4.90 Å². The fourth-order valence-corrected chi connectivity index (χ4v) is 2.15. The van der Waals surface area contributed by atoms with Crippen molar-refractivity contribution in [3.05, 3.63) is 0 Å². The van der Waals surface area contributed by atoms with Gasteiger partial charge in [-0.1, -0.05) is 20.8 Å². The maximum Gasteiger partial charge on any atom is 0.226 e. The van der Waals surface area contributed by atoms with E-state index in [0.29, 0.717) is 5.91 Å². The number of nitrogens with zero attached hydrogens (tertiary/aromatic N) is 1. The first-order valence-corrected chi connectivity index (χ1v) is 5.45. The molecule has 1 aliphatic heterocycles. The summed E-state index contributed by atoms with van der Waals surface area (Å²) in [5, 5.41) is 0. The van der Waals surface area contributed by atoms with E-state index in [9.17, 15) is 4.79 Å². The number of hydrogen-bond donors (Lipinski definition) is 0. The fourth-order valence-electron chi connectivity index (χ4n) is 2.15. The van der Waals surface area contributed by atoms with Crippen molar-refractivity contribution >= 4 is 5.91 Å². The minimum absolute atomic E-state index is 0.0168. The quantitative estimate of drug-likeness (QED) is 0.584. The lowest BCUT2D eigenvalue weighted by atomic mass is 9.80. The summed E-state index contributed by atoms with van der Waals surface area (Å²) in [7, 11) is 0. The molecule has 0 radical (unpaired) electrons. The standard InChI is InChI=1S/C12H23NO/c1-11(2,3)9-7-8-13(10(9)14)12(4,5)6/h9H,7-8H2,1-6H3. The van der Waals surface area contributed by atoms with E-state index < -0.39 is 0 Å². The average molecular weight is 197 g/mol. The van der Waals surface area contributed by atoms with Gasteiger partial charge in [0, 0.05) is 18.0 Å². The minimum Gasteiger partial charge on any atom is -0.338 e. The first-order chi connectivity index (χ1) is 6.14. The topological polar surface area (TPSA) is 20.3 Å². The van der Waals surface area contributed by atoms with Crippen LogP contribution < -0.4 is 0 Å². The molecular weight excluding hydrogens is 174 g/mol. The van der Waals surface area contributed by atoms with Crippen LogP contribution in [-0.2, 0) is 4.79 Å². The molecule has 82 valence electrons. The van der Waals surface area contributed by atoms with Gasteiger partial charge < -0.3 is 4.90 Å². The Bertz CT molecular complexity index is 208. The van der Waals surface area contributed by atoms with Crippen LogP contribution in [0.3, 0.4) is 0 Å². The van der Waals surface area contributed by atoms with Crippen molar-refractivity contribution in [3.8, 4) is 0 Å². The van der Waals surface area contributed by atoms with E-state index in [-0.39, 0.29) is 16.9 Å². The summed E-state index contributed by atoms with van der Waals surface area (Å²) < 4.78 is 0. The summed E-state index contributed by atoms with van der Waals surface area (Å²) in [5.41, 5.74) is 0.0914. The lowest BCUT2D eigenvalue weighted by Gasteiger charge is -2.33. The highest BCUT2D eigenvalue weighted by atomic mass is 16.2. The zero-order valence-electron chi connectivity index (χ0n) is 10.3. The van der Waals surface area contributed by atoms with E-state index in [4.69, 9.17) is 0 Å². The van der Waals surface area contributed by atoms with E-state index >= 15 is 0 Å². The third kappa shape index (κ3) is 2.10. The zero-order chi connectivity index (χ0) is 11.1. The summed E-state index contributed by atoms with van der Waals surface area (Å²) in [5.74, 6) is 0.548. The van der Waals surface area contributed by atoms with Crippen molar-refractivity contribution in [3.63, 3.8) is 0 Å². The van der Waals surface area contributed by atoms with Crippen LogP contribution in [0.15, 0.2) is 0 Å². The van der Waals surface area contributed by atoms with Gasteiger partial charge in [0.2, 0.25) is 5.91 Å². The number of amides is 1. The van der Waals surface area contributed by atoms with Gasteiger partial charge in [-0.15, -0.1) is 0 Å². The second-order valence-corrected chi connectivity index (χ2v) is 6.37. The van der Waals surface area contributed by atoms with E-state index in [2.05, 4.69) is 41.5 Å². The molecule has 1 saturated heterocycles. The van der Waals surface area contributed by atoms with E-state index in [1.165, 1.54) is 0 Å². The van der Waals surface area contributed by atoms with Crippen molar-refractivity contribution in [2.45, 2.75) is 53.5 Å². The molecule has 0 aromatic rings. The molecule has 0 N–H and O–H groups in total. The normalized spacial score (nSPS) is 24.6. The van der Waals surface area contributed by atoms with E-state index in [1.807, 2.05) is 4.90 Å².